The lowest BCUT2D eigenvalue weighted by molar-refractivity contribution is 0.0734. The van der Waals surface area contributed by atoms with Crippen LogP contribution in [0.25, 0.3) is 0 Å². The van der Waals surface area contributed by atoms with Gasteiger partial charge < -0.3 is 4.84 Å². The molecular formula is C5H12NO. The van der Waals surface area contributed by atoms with Crippen LogP contribution in [0.2, 0.25) is 0 Å². The van der Waals surface area contributed by atoms with E-state index in [-0.39, 0.29) is 6.10 Å². The second-order valence-electron chi connectivity index (χ2n) is 1.42. The highest BCUT2D eigenvalue weighted by molar-refractivity contribution is 4.67. The molecule has 0 saturated heterocycles. The van der Waals surface area contributed by atoms with Gasteiger partial charge in [0, 0.05) is 0 Å². The van der Waals surface area contributed by atoms with Crippen LogP contribution in [0.4, 0.5) is 0 Å². The average Bonchev–Trinajstić information content (AvgIpc) is 1.72. The van der Waals surface area contributed by atoms with E-state index in [4.69, 9.17) is 5.90 Å². The molecule has 2 N–H and O–H groups in total. The molecule has 0 fully saturated rings. The van der Waals surface area contributed by atoms with Gasteiger partial charge in [0.05, 0.1) is 6.10 Å². The molecule has 43 valence electrons. The van der Waals surface area contributed by atoms with Gasteiger partial charge >= 0.3 is 0 Å². The van der Waals surface area contributed by atoms with E-state index in [1.807, 2.05) is 20.3 Å². The minimum absolute atomic E-state index is 0.139. The van der Waals surface area contributed by atoms with E-state index in [1.54, 1.807) is 0 Å². The maximum Gasteiger partial charge on any atom is 0.0813 e. The minimum atomic E-state index is 0.139. The molecule has 0 amide bonds. The molecule has 1 atom stereocenters. The van der Waals surface area contributed by atoms with E-state index in [9.17, 15) is 0 Å². The fourth-order valence-electron chi connectivity index (χ4n) is 0.410. The molecule has 2 nitrogen and oxygen atoms in total. The summed E-state index contributed by atoms with van der Waals surface area (Å²) in [6, 6.07) is 0. The summed E-state index contributed by atoms with van der Waals surface area (Å²) in [6.07, 6.45) is 3.02. The lowest BCUT2D eigenvalue weighted by Gasteiger charge is -2.05. The summed E-state index contributed by atoms with van der Waals surface area (Å²) in [5.74, 6) is 4.86. The Bertz CT molecular complexity index is 29.6. The van der Waals surface area contributed by atoms with Crippen LogP contribution < -0.4 is 5.90 Å². The summed E-state index contributed by atoms with van der Waals surface area (Å²) in [4.78, 5) is 4.49. The van der Waals surface area contributed by atoms with Gasteiger partial charge in [0.1, 0.15) is 0 Å². The summed E-state index contributed by atoms with van der Waals surface area (Å²) in [6.45, 7) is 3.96. The molecule has 0 saturated carbocycles. The van der Waals surface area contributed by atoms with Crippen molar-refractivity contribution >= 4 is 0 Å². The molecule has 0 aliphatic carbocycles. The Balaban J connectivity index is 2.99. The molecule has 0 rings (SSSR count). The standard InChI is InChI=1S/C5H12NO/c1-3-5(4-2)7-6/h3,5H,4,6H2,1-2H3. The third-order valence-electron chi connectivity index (χ3n) is 0.949. The first-order valence-electron chi connectivity index (χ1n) is 2.50. The first-order chi connectivity index (χ1) is 3.35. The third kappa shape index (κ3) is 2.60. The Labute approximate surface area is 44.6 Å². The Hall–Kier alpha value is -0.0800. The van der Waals surface area contributed by atoms with Crippen molar-refractivity contribution in [2.45, 2.75) is 26.4 Å². The van der Waals surface area contributed by atoms with Crippen molar-refractivity contribution < 1.29 is 4.84 Å². The Kier molecular flexibility index (Phi) is 4.04. The summed E-state index contributed by atoms with van der Waals surface area (Å²) < 4.78 is 0. The van der Waals surface area contributed by atoms with Crippen LogP contribution in [0, 0.1) is 6.42 Å². The number of hydrogen-bond acceptors (Lipinski definition) is 2. The molecule has 0 bridgehead atoms. The van der Waals surface area contributed by atoms with Gasteiger partial charge in [-0.25, -0.2) is 5.90 Å². The van der Waals surface area contributed by atoms with Crippen LogP contribution in [0.1, 0.15) is 20.3 Å². The molecular weight excluding hydrogens is 90.1 g/mol. The predicted molar refractivity (Wildman–Crippen MR) is 29.3 cm³/mol. The maximum atomic E-state index is 4.86. The average molecular weight is 102 g/mol. The predicted octanol–water partition coefficient (Wildman–Crippen LogP) is 0.879. The third-order valence-corrected chi connectivity index (χ3v) is 0.949. The quantitative estimate of drug-likeness (QED) is 0.537. The molecule has 0 aliphatic rings. The molecule has 0 aromatic heterocycles. The van der Waals surface area contributed by atoms with E-state index in [0.29, 0.717) is 0 Å². The smallest absolute Gasteiger partial charge is 0.0813 e. The van der Waals surface area contributed by atoms with E-state index < -0.39 is 0 Å². The summed E-state index contributed by atoms with van der Waals surface area (Å²) in [7, 11) is 0. The molecule has 0 aromatic rings. The maximum absolute atomic E-state index is 4.86. The molecule has 7 heavy (non-hydrogen) atoms. The first kappa shape index (κ1) is 6.92. The molecule has 2 heteroatoms. The van der Waals surface area contributed by atoms with Gasteiger partial charge in [-0.3, -0.25) is 0 Å². The highest BCUT2D eigenvalue weighted by Gasteiger charge is 1.97. The summed E-state index contributed by atoms with van der Waals surface area (Å²) in [5, 5.41) is 0. The molecule has 1 unspecified atom stereocenters. The Morgan fingerprint density at radius 1 is 1.86 bits per heavy atom. The summed E-state index contributed by atoms with van der Waals surface area (Å²) >= 11 is 0. The fraction of sp³-hybridized carbons (Fsp3) is 0.800. The van der Waals surface area contributed by atoms with Crippen LogP contribution in [0.5, 0.6) is 0 Å². The number of nitrogens with two attached hydrogens (primary N) is 1. The van der Waals surface area contributed by atoms with Crippen LogP contribution in [0.3, 0.4) is 0 Å². The first-order valence-corrected chi connectivity index (χ1v) is 2.50. The van der Waals surface area contributed by atoms with Crippen molar-refractivity contribution in [2.75, 3.05) is 0 Å². The monoisotopic (exact) mass is 102 g/mol. The van der Waals surface area contributed by atoms with Crippen molar-refractivity contribution in [3.05, 3.63) is 6.42 Å². The zero-order valence-corrected chi connectivity index (χ0v) is 4.85. The molecule has 0 aromatic carbocycles. The second kappa shape index (κ2) is 4.09. The lowest BCUT2D eigenvalue weighted by Crippen LogP contribution is -2.14. The van der Waals surface area contributed by atoms with Crippen molar-refractivity contribution in [1.82, 2.24) is 0 Å². The Morgan fingerprint density at radius 2 is 2.43 bits per heavy atom. The van der Waals surface area contributed by atoms with E-state index in [2.05, 4.69) is 4.84 Å². The van der Waals surface area contributed by atoms with E-state index >= 15 is 0 Å². The fourth-order valence-corrected chi connectivity index (χ4v) is 0.410. The van der Waals surface area contributed by atoms with Gasteiger partial charge in [-0.1, -0.05) is 13.8 Å². The van der Waals surface area contributed by atoms with Gasteiger partial charge in [0.2, 0.25) is 0 Å². The van der Waals surface area contributed by atoms with E-state index in [0.717, 1.165) is 6.42 Å². The van der Waals surface area contributed by atoms with Gasteiger partial charge in [0.25, 0.3) is 0 Å². The van der Waals surface area contributed by atoms with Gasteiger partial charge in [-0.15, -0.1) is 0 Å². The van der Waals surface area contributed by atoms with Crippen LogP contribution >= 0.6 is 0 Å². The topological polar surface area (TPSA) is 35.2 Å². The zero-order valence-electron chi connectivity index (χ0n) is 4.85. The van der Waals surface area contributed by atoms with Gasteiger partial charge in [-0.2, -0.15) is 0 Å². The summed E-state index contributed by atoms with van der Waals surface area (Å²) in [5.41, 5.74) is 0. The number of rotatable bonds is 3. The molecule has 0 spiro atoms. The van der Waals surface area contributed by atoms with Crippen LogP contribution in [-0.4, -0.2) is 6.10 Å². The highest BCUT2D eigenvalue weighted by Crippen LogP contribution is 1.95. The largest absolute Gasteiger partial charge is 0.301 e. The van der Waals surface area contributed by atoms with Crippen LogP contribution in [-0.2, 0) is 4.84 Å². The van der Waals surface area contributed by atoms with Gasteiger partial charge in [0.15, 0.2) is 0 Å². The number of hydrogen-bond donors (Lipinski definition) is 1. The van der Waals surface area contributed by atoms with Crippen molar-refractivity contribution in [1.29, 1.82) is 0 Å². The molecule has 0 heterocycles. The molecule has 0 aliphatic heterocycles. The van der Waals surface area contributed by atoms with E-state index in [1.165, 1.54) is 0 Å². The van der Waals surface area contributed by atoms with Gasteiger partial charge in [-0.05, 0) is 12.8 Å². The van der Waals surface area contributed by atoms with Crippen LogP contribution in [0.15, 0.2) is 0 Å². The normalized spacial score (nSPS) is 10.3. The van der Waals surface area contributed by atoms with Crippen molar-refractivity contribution in [3.63, 3.8) is 0 Å². The molecule has 1 radical (unpaired) electrons. The second-order valence-corrected chi connectivity index (χ2v) is 1.42. The SMILES string of the molecule is C[CH]C(CC)ON. The van der Waals surface area contributed by atoms with Crippen molar-refractivity contribution in [2.24, 2.45) is 5.90 Å². The highest BCUT2D eigenvalue weighted by atomic mass is 16.6. The minimum Gasteiger partial charge on any atom is -0.301 e. The zero-order chi connectivity index (χ0) is 5.70. The Morgan fingerprint density at radius 3 is 2.43 bits per heavy atom. The van der Waals surface area contributed by atoms with Crippen molar-refractivity contribution in [3.8, 4) is 0 Å². The lowest BCUT2D eigenvalue weighted by atomic mass is 10.2.